The van der Waals surface area contributed by atoms with E-state index in [0.29, 0.717) is 36.2 Å². The number of rotatable bonds is 10. The number of fused-ring (bicyclic) bond motifs is 2. The van der Waals surface area contributed by atoms with E-state index in [1.807, 2.05) is 66.7 Å². The number of likely N-dealkylation sites (tertiary alicyclic amines) is 2. The lowest BCUT2D eigenvalue weighted by molar-refractivity contribution is -0.136. The summed E-state index contributed by atoms with van der Waals surface area (Å²) in [5.74, 6) is 2.51. The van der Waals surface area contributed by atoms with Crippen molar-refractivity contribution in [2.45, 2.75) is 50.7 Å². The molecule has 10 rings (SSSR count). The lowest BCUT2D eigenvalue weighted by Crippen LogP contribution is -2.52. The molecular formula is C44H48N10O4. The Labute approximate surface area is 336 Å². The lowest BCUT2D eigenvalue weighted by Gasteiger charge is -2.43. The van der Waals surface area contributed by atoms with Crippen LogP contribution in [0, 0.1) is 11.8 Å². The van der Waals surface area contributed by atoms with E-state index < -0.39 is 6.04 Å². The first-order valence-electron chi connectivity index (χ1n) is 20.6. The number of ether oxygens (including phenoxy) is 1. The van der Waals surface area contributed by atoms with E-state index >= 15 is 0 Å². The van der Waals surface area contributed by atoms with Gasteiger partial charge in [0.1, 0.15) is 35.4 Å². The molecule has 0 bridgehead atoms. The van der Waals surface area contributed by atoms with Crippen molar-refractivity contribution in [2.24, 2.45) is 11.8 Å². The molecule has 4 saturated heterocycles. The molecule has 3 aromatic carbocycles. The Hall–Kier alpha value is -5.86. The minimum Gasteiger partial charge on any atom is -0.457 e. The van der Waals surface area contributed by atoms with Crippen LogP contribution < -0.4 is 20.7 Å². The Morgan fingerprint density at radius 1 is 0.793 bits per heavy atom. The van der Waals surface area contributed by atoms with Crippen LogP contribution in [0.1, 0.15) is 54.1 Å². The van der Waals surface area contributed by atoms with Crippen molar-refractivity contribution in [2.75, 3.05) is 63.0 Å². The Kier molecular flexibility index (Phi) is 9.52. The number of hydrogen-bond acceptors (Lipinski definition) is 11. The molecule has 0 spiro atoms. The minimum absolute atomic E-state index is 0.125. The fourth-order valence-corrected chi connectivity index (χ4v) is 9.72. The van der Waals surface area contributed by atoms with E-state index in [9.17, 15) is 14.4 Å². The Balaban J connectivity index is 0.702. The third kappa shape index (κ3) is 7.04. The lowest BCUT2D eigenvalue weighted by atomic mass is 9.97. The number of para-hydroxylation sites is 1. The number of imide groups is 1. The highest BCUT2D eigenvalue weighted by atomic mass is 16.5. The average Bonchev–Trinajstić information content (AvgIpc) is 3.93. The zero-order valence-corrected chi connectivity index (χ0v) is 32.5. The van der Waals surface area contributed by atoms with Crippen molar-refractivity contribution in [3.8, 4) is 22.8 Å². The summed E-state index contributed by atoms with van der Waals surface area (Å²) in [6.45, 7) is 9.01. The molecule has 5 aromatic rings. The second kappa shape index (κ2) is 15.1. The smallest absolute Gasteiger partial charge is 0.255 e. The van der Waals surface area contributed by atoms with Crippen molar-refractivity contribution in [3.05, 3.63) is 90.3 Å². The van der Waals surface area contributed by atoms with E-state index in [2.05, 4.69) is 40.7 Å². The number of piperidine rings is 2. The quantitative estimate of drug-likeness (QED) is 0.189. The number of nitrogens with two attached hydrogens (primary N) is 1. The van der Waals surface area contributed by atoms with Crippen molar-refractivity contribution >= 4 is 40.3 Å². The van der Waals surface area contributed by atoms with Crippen LogP contribution in [0.5, 0.6) is 11.5 Å². The van der Waals surface area contributed by atoms with Crippen molar-refractivity contribution in [3.63, 3.8) is 0 Å². The molecule has 5 aliphatic heterocycles. The maximum absolute atomic E-state index is 13.1. The fourth-order valence-electron chi connectivity index (χ4n) is 9.72. The highest BCUT2D eigenvalue weighted by Crippen LogP contribution is 2.37. The van der Waals surface area contributed by atoms with Crippen molar-refractivity contribution in [1.82, 2.24) is 39.8 Å². The van der Waals surface area contributed by atoms with Gasteiger partial charge < -0.3 is 30.1 Å². The number of nitrogens with zero attached hydrogens (tertiary/aromatic N) is 8. The first-order valence-corrected chi connectivity index (χ1v) is 20.6. The molecule has 14 heteroatoms. The number of benzene rings is 3. The van der Waals surface area contributed by atoms with Crippen molar-refractivity contribution < 1.29 is 19.1 Å². The van der Waals surface area contributed by atoms with Crippen molar-refractivity contribution in [1.29, 1.82) is 0 Å². The van der Waals surface area contributed by atoms with Gasteiger partial charge in [-0.25, -0.2) is 14.6 Å². The number of hydrogen-bond donors (Lipinski definition) is 2. The van der Waals surface area contributed by atoms with Crippen LogP contribution in [-0.2, 0) is 16.1 Å². The maximum atomic E-state index is 13.1. The predicted octanol–water partition coefficient (Wildman–Crippen LogP) is 4.72. The summed E-state index contributed by atoms with van der Waals surface area (Å²) in [6.07, 6.45) is 5.42. The summed E-state index contributed by atoms with van der Waals surface area (Å²) in [6, 6.07) is 23.4. The van der Waals surface area contributed by atoms with E-state index in [1.165, 1.54) is 12.7 Å². The largest absolute Gasteiger partial charge is 0.457 e. The normalized spacial score (nSPS) is 22.1. The van der Waals surface area contributed by atoms with Gasteiger partial charge in [0.2, 0.25) is 11.8 Å². The molecule has 7 heterocycles. The first kappa shape index (κ1) is 36.5. The van der Waals surface area contributed by atoms with E-state index in [4.69, 9.17) is 15.6 Å². The van der Waals surface area contributed by atoms with Crippen LogP contribution in [0.2, 0.25) is 0 Å². The number of anilines is 2. The molecule has 0 saturated carbocycles. The monoisotopic (exact) mass is 780 g/mol. The second-order valence-corrected chi connectivity index (χ2v) is 16.6. The number of nitrogen functional groups attached to an aromatic ring is 1. The molecule has 2 atom stereocenters. The molecule has 2 aromatic heterocycles. The van der Waals surface area contributed by atoms with Gasteiger partial charge in [-0.05, 0) is 98.3 Å². The topological polar surface area (TPSA) is 155 Å². The molecule has 4 fully saturated rings. The van der Waals surface area contributed by atoms with Gasteiger partial charge in [-0.3, -0.25) is 19.7 Å². The van der Waals surface area contributed by atoms with Gasteiger partial charge in [0.25, 0.3) is 5.91 Å². The highest BCUT2D eigenvalue weighted by Gasteiger charge is 2.40. The van der Waals surface area contributed by atoms with Gasteiger partial charge in [-0.15, -0.1) is 0 Å². The zero-order valence-electron chi connectivity index (χ0n) is 32.5. The summed E-state index contributed by atoms with van der Waals surface area (Å²) in [5.41, 5.74) is 11.7. The fraction of sp³-hybridized carbons (Fsp3) is 0.409. The van der Waals surface area contributed by atoms with Crippen LogP contribution in [0.4, 0.5) is 11.5 Å². The Morgan fingerprint density at radius 2 is 1.55 bits per heavy atom. The first-order chi connectivity index (χ1) is 28.3. The SMILES string of the molecule is Nc1ncnc2c1c(-c1ccc(Oc3ccccc3)cc1)nn2C1CCN(CC2CCN(CC3CN(c4ccc5c(c4)CN(C4CCC(=O)NC4=O)C5=O)C3)C2)CC1. The van der Waals surface area contributed by atoms with Crippen LogP contribution in [-0.4, -0.2) is 111 Å². The summed E-state index contributed by atoms with van der Waals surface area (Å²) in [7, 11) is 0. The molecule has 5 aliphatic rings. The molecular weight excluding hydrogens is 733 g/mol. The number of nitrogens with one attached hydrogen (secondary N) is 1. The number of aromatic nitrogens is 4. The predicted molar refractivity (Wildman–Crippen MR) is 219 cm³/mol. The number of carbonyl (C=O) groups excluding carboxylic acids is 3. The zero-order chi connectivity index (χ0) is 39.3. The van der Waals surface area contributed by atoms with Crippen LogP contribution in [0.25, 0.3) is 22.3 Å². The third-order valence-electron chi connectivity index (χ3n) is 12.8. The van der Waals surface area contributed by atoms with Gasteiger partial charge in [0.05, 0.1) is 11.4 Å². The van der Waals surface area contributed by atoms with Gasteiger partial charge in [-0.1, -0.05) is 18.2 Å². The molecule has 58 heavy (non-hydrogen) atoms. The average molecular weight is 781 g/mol. The summed E-state index contributed by atoms with van der Waals surface area (Å²) < 4.78 is 8.10. The van der Waals surface area contributed by atoms with E-state index in [-0.39, 0.29) is 30.2 Å². The van der Waals surface area contributed by atoms with Crippen LogP contribution in [0.3, 0.4) is 0 Å². The molecule has 14 nitrogen and oxygen atoms in total. The van der Waals surface area contributed by atoms with Crippen LogP contribution in [0.15, 0.2) is 79.1 Å². The highest BCUT2D eigenvalue weighted by molar-refractivity contribution is 6.05. The molecule has 2 unspecified atom stereocenters. The summed E-state index contributed by atoms with van der Waals surface area (Å²) in [5, 5.41) is 8.31. The Bertz CT molecular complexity index is 2350. The second-order valence-electron chi connectivity index (χ2n) is 16.6. The van der Waals surface area contributed by atoms with Crippen LogP contribution >= 0.6 is 0 Å². The summed E-state index contributed by atoms with van der Waals surface area (Å²) >= 11 is 0. The standard InChI is InChI=1S/C44H48N10O4/c45-41-39-40(30-6-9-35(10-7-30)58-34-4-2-1-3-5-34)49-54(42(39)47-27-46-41)32-15-18-50(19-16-32)21-28-14-17-51(22-28)23-29-24-52(25-29)33-8-11-36-31(20-33)26-53(44(36)57)37-12-13-38(55)48-43(37)56/h1-11,20,27-29,32,37H,12-19,21-26H2,(H2,45,46,47)(H,48,55,56). The third-order valence-corrected chi connectivity index (χ3v) is 12.8. The van der Waals surface area contributed by atoms with E-state index in [0.717, 1.165) is 110 Å². The molecule has 0 radical (unpaired) electrons. The van der Waals surface area contributed by atoms with Gasteiger partial charge in [-0.2, -0.15) is 5.10 Å². The van der Waals surface area contributed by atoms with Gasteiger partial charge >= 0.3 is 0 Å². The molecule has 3 amide bonds. The Morgan fingerprint density at radius 3 is 2.34 bits per heavy atom. The maximum Gasteiger partial charge on any atom is 0.255 e. The molecule has 3 N–H and O–H groups in total. The molecule has 298 valence electrons. The molecule has 0 aliphatic carbocycles. The number of carbonyl (C=O) groups is 3. The minimum atomic E-state index is -0.588. The van der Waals surface area contributed by atoms with Gasteiger partial charge in [0.15, 0.2) is 5.65 Å². The number of amides is 3. The van der Waals surface area contributed by atoms with E-state index in [1.54, 1.807) is 4.90 Å². The van der Waals surface area contributed by atoms with Gasteiger partial charge in [0, 0.05) is 81.5 Å². The summed E-state index contributed by atoms with van der Waals surface area (Å²) in [4.78, 5) is 55.5.